The lowest BCUT2D eigenvalue weighted by Gasteiger charge is -2.20. The third-order valence-corrected chi connectivity index (χ3v) is 3.38. The minimum atomic E-state index is -1.30. The lowest BCUT2D eigenvalue weighted by molar-refractivity contribution is -0.125. The molecule has 0 heterocycles. The van der Waals surface area contributed by atoms with E-state index in [1.165, 1.54) is 6.92 Å². The number of aliphatic hydroxyl groups excluding tert-OH is 1. The molecule has 110 valence electrons. The molecular weight excluding hydrogens is 248 g/mol. The first-order valence-corrected chi connectivity index (χ1v) is 6.82. The van der Waals surface area contributed by atoms with Crippen LogP contribution in [-0.2, 0) is 9.59 Å². The Hall–Kier alpha value is -1.14. The molecule has 0 spiro atoms. The van der Waals surface area contributed by atoms with Crippen LogP contribution >= 0.6 is 0 Å². The molecule has 1 aliphatic carbocycles. The van der Waals surface area contributed by atoms with E-state index in [-0.39, 0.29) is 30.7 Å². The van der Waals surface area contributed by atoms with Gasteiger partial charge in [-0.15, -0.1) is 0 Å². The van der Waals surface area contributed by atoms with Gasteiger partial charge in [-0.2, -0.15) is 0 Å². The van der Waals surface area contributed by atoms with Crippen LogP contribution < -0.4 is 10.6 Å². The molecule has 0 aliphatic heterocycles. The zero-order valence-electron chi connectivity index (χ0n) is 11.4. The molecule has 19 heavy (non-hydrogen) atoms. The number of carbonyl (C=O) groups is 2. The average molecular weight is 272 g/mol. The van der Waals surface area contributed by atoms with Gasteiger partial charge in [0.15, 0.2) is 0 Å². The van der Waals surface area contributed by atoms with Crippen LogP contribution in [0.1, 0.15) is 39.0 Å². The van der Waals surface area contributed by atoms with Crippen LogP contribution in [0, 0.1) is 5.92 Å². The van der Waals surface area contributed by atoms with Crippen molar-refractivity contribution in [3.05, 3.63) is 0 Å². The van der Waals surface area contributed by atoms with Crippen molar-refractivity contribution in [3.63, 3.8) is 0 Å². The SMILES string of the molecule is CC(O)(CO)CNC(=O)CCNC(=O)C1CCCC1. The number of carbonyl (C=O) groups excluding carboxylic acids is 2. The van der Waals surface area contributed by atoms with Crippen LogP contribution in [0.3, 0.4) is 0 Å². The monoisotopic (exact) mass is 272 g/mol. The topological polar surface area (TPSA) is 98.7 Å². The second-order valence-electron chi connectivity index (χ2n) is 5.45. The molecule has 1 fully saturated rings. The molecule has 4 N–H and O–H groups in total. The van der Waals surface area contributed by atoms with Crippen LogP contribution in [0.5, 0.6) is 0 Å². The Balaban J connectivity index is 2.11. The molecular formula is C13H24N2O4. The van der Waals surface area contributed by atoms with Crippen LogP contribution in [0.4, 0.5) is 0 Å². The second-order valence-corrected chi connectivity index (χ2v) is 5.45. The summed E-state index contributed by atoms with van der Waals surface area (Å²) in [5, 5.41) is 23.6. The maximum atomic E-state index is 11.7. The lowest BCUT2D eigenvalue weighted by atomic mass is 10.1. The van der Waals surface area contributed by atoms with Gasteiger partial charge in [0.05, 0.1) is 6.61 Å². The van der Waals surface area contributed by atoms with Crippen molar-refractivity contribution in [1.82, 2.24) is 10.6 Å². The third-order valence-electron chi connectivity index (χ3n) is 3.38. The summed E-state index contributed by atoms with van der Waals surface area (Å²) < 4.78 is 0. The highest BCUT2D eigenvalue weighted by atomic mass is 16.3. The van der Waals surface area contributed by atoms with Crippen molar-refractivity contribution in [3.8, 4) is 0 Å². The van der Waals surface area contributed by atoms with E-state index in [4.69, 9.17) is 5.11 Å². The number of nitrogens with one attached hydrogen (secondary N) is 2. The summed E-state index contributed by atoms with van der Waals surface area (Å²) in [6, 6.07) is 0. The van der Waals surface area contributed by atoms with E-state index >= 15 is 0 Å². The lowest BCUT2D eigenvalue weighted by Crippen LogP contribution is -2.44. The fourth-order valence-corrected chi connectivity index (χ4v) is 2.06. The zero-order chi connectivity index (χ0) is 14.3. The molecule has 0 saturated heterocycles. The van der Waals surface area contributed by atoms with Gasteiger partial charge in [0.1, 0.15) is 5.60 Å². The molecule has 1 rings (SSSR count). The summed E-state index contributed by atoms with van der Waals surface area (Å²) in [6.07, 6.45) is 4.28. The summed E-state index contributed by atoms with van der Waals surface area (Å²) in [6.45, 7) is 1.34. The van der Waals surface area contributed by atoms with Gasteiger partial charge in [-0.05, 0) is 19.8 Å². The van der Waals surface area contributed by atoms with Crippen molar-refractivity contribution in [2.75, 3.05) is 19.7 Å². The largest absolute Gasteiger partial charge is 0.393 e. The maximum absolute atomic E-state index is 11.7. The standard InChI is InChI=1S/C13H24N2O4/c1-13(19,9-16)8-15-11(17)6-7-14-12(18)10-4-2-3-5-10/h10,16,19H,2-9H2,1H3,(H,14,18)(H,15,17). The van der Waals surface area contributed by atoms with E-state index in [9.17, 15) is 14.7 Å². The van der Waals surface area contributed by atoms with Crippen molar-refractivity contribution in [1.29, 1.82) is 0 Å². The van der Waals surface area contributed by atoms with Gasteiger partial charge < -0.3 is 20.8 Å². The van der Waals surface area contributed by atoms with Gasteiger partial charge >= 0.3 is 0 Å². The zero-order valence-corrected chi connectivity index (χ0v) is 11.4. The summed E-state index contributed by atoms with van der Waals surface area (Å²) in [4.78, 5) is 23.1. The summed E-state index contributed by atoms with van der Waals surface area (Å²) >= 11 is 0. The van der Waals surface area contributed by atoms with Crippen molar-refractivity contribution in [2.24, 2.45) is 5.92 Å². The highest BCUT2D eigenvalue weighted by molar-refractivity contribution is 5.80. The van der Waals surface area contributed by atoms with Gasteiger partial charge in [-0.3, -0.25) is 9.59 Å². The molecule has 6 heteroatoms. The van der Waals surface area contributed by atoms with Crippen molar-refractivity contribution >= 4 is 11.8 Å². The molecule has 1 unspecified atom stereocenters. The van der Waals surface area contributed by atoms with E-state index in [1.807, 2.05) is 0 Å². The van der Waals surface area contributed by atoms with E-state index in [2.05, 4.69) is 10.6 Å². The number of hydrogen-bond donors (Lipinski definition) is 4. The Morgan fingerprint density at radius 1 is 1.26 bits per heavy atom. The van der Waals surface area contributed by atoms with Crippen LogP contribution in [0.25, 0.3) is 0 Å². The molecule has 0 aromatic carbocycles. The Morgan fingerprint density at radius 2 is 1.89 bits per heavy atom. The fourth-order valence-electron chi connectivity index (χ4n) is 2.06. The van der Waals surface area contributed by atoms with Gasteiger partial charge in [-0.25, -0.2) is 0 Å². The number of hydrogen-bond acceptors (Lipinski definition) is 4. The number of rotatable bonds is 7. The third kappa shape index (κ3) is 6.02. The molecule has 2 amide bonds. The quantitative estimate of drug-likeness (QED) is 0.504. The van der Waals surface area contributed by atoms with Gasteiger partial charge in [0.25, 0.3) is 0 Å². The summed E-state index contributed by atoms with van der Waals surface area (Å²) in [5.74, 6) is -0.105. The van der Waals surface area contributed by atoms with Gasteiger partial charge in [0, 0.05) is 25.4 Å². The van der Waals surface area contributed by atoms with E-state index in [1.54, 1.807) is 0 Å². The molecule has 0 radical (unpaired) electrons. The predicted octanol–water partition coefficient (Wildman–Crippen LogP) is -0.458. The minimum Gasteiger partial charge on any atom is -0.393 e. The molecule has 1 atom stereocenters. The second kappa shape index (κ2) is 7.45. The first-order valence-electron chi connectivity index (χ1n) is 6.82. The van der Waals surface area contributed by atoms with Crippen LogP contribution in [0.2, 0.25) is 0 Å². The molecule has 0 bridgehead atoms. The predicted molar refractivity (Wildman–Crippen MR) is 70.3 cm³/mol. The first-order chi connectivity index (χ1) is 8.94. The Kier molecular flexibility index (Phi) is 6.24. The minimum absolute atomic E-state index is 0.00109. The maximum Gasteiger partial charge on any atom is 0.223 e. The van der Waals surface area contributed by atoms with Crippen LogP contribution in [0.15, 0.2) is 0 Å². The fraction of sp³-hybridized carbons (Fsp3) is 0.846. The van der Waals surface area contributed by atoms with E-state index < -0.39 is 12.2 Å². The Morgan fingerprint density at radius 3 is 2.47 bits per heavy atom. The molecule has 0 aromatic heterocycles. The van der Waals surface area contributed by atoms with Crippen LogP contribution in [-0.4, -0.2) is 47.3 Å². The Bertz CT molecular complexity index is 312. The van der Waals surface area contributed by atoms with Crippen molar-refractivity contribution < 1.29 is 19.8 Å². The molecule has 1 aliphatic rings. The van der Waals surface area contributed by atoms with E-state index in [0.29, 0.717) is 6.54 Å². The summed E-state index contributed by atoms with van der Waals surface area (Å²) in [5.41, 5.74) is -1.30. The number of amides is 2. The highest BCUT2D eigenvalue weighted by Gasteiger charge is 2.22. The molecule has 6 nitrogen and oxygen atoms in total. The van der Waals surface area contributed by atoms with Crippen molar-refractivity contribution in [2.45, 2.75) is 44.6 Å². The smallest absolute Gasteiger partial charge is 0.223 e. The number of aliphatic hydroxyl groups is 2. The van der Waals surface area contributed by atoms with E-state index in [0.717, 1.165) is 25.7 Å². The highest BCUT2D eigenvalue weighted by Crippen LogP contribution is 2.24. The normalized spacial score (nSPS) is 18.9. The van der Waals surface area contributed by atoms with Gasteiger partial charge in [0.2, 0.25) is 11.8 Å². The first kappa shape index (κ1) is 15.9. The summed E-state index contributed by atoms with van der Waals surface area (Å²) in [7, 11) is 0. The average Bonchev–Trinajstić information content (AvgIpc) is 2.90. The Labute approximate surface area is 113 Å². The van der Waals surface area contributed by atoms with Gasteiger partial charge in [-0.1, -0.05) is 12.8 Å². The molecule has 0 aromatic rings. The molecule has 1 saturated carbocycles.